The Labute approximate surface area is 132 Å². The monoisotopic (exact) mass is 304 g/mol. The summed E-state index contributed by atoms with van der Waals surface area (Å²) in [6.45, 7) is 8.32. The van der Waals surface area contributed by atoms with E-state index < -0.39 is 0 Å². The average molecular weight is 304 g/mol. The molecule has 22 heavy (non-hydrogen) atoms. The molecule has 0 N–H and O–H groups in total. The number of allylic oxidation sites excluding steroid dienone is 1. The van der Waals surface area contributed by atoms with Crippen molar-refractivity contribution in [2.45, 2.75) is 46.5 Å². The van der Waals surface area contributed by atoms with E-state index in [4.69, 9.17) is 14.2 Å². The topological polar surface area (TPSA) is 44.8 Å². The van der Waals surface area contributed by atoms with Gasteiger partial charge >= 0.3 is 5.97 Å². The summed E-state index contributed by atoms with van der Waals surface area (Å²) in [6.07, 6.45) is 4.08. The van der Waals surface area contributed by atoms with Gasteiger partial charge in [0.1, 0.15) is 6.61 Å². The van der Waals surface area contributed by atoms with Crippen LogP contribution >= 0.6 is 0 Å². The molecule has 0 fully saturated rings. The molecule has 4 nitrogen and oxygen atoms in total. The number of rotatable bonds is 6. The van der Waals surface area contributed by atoms with E-state index in [9.17, 15) is 4.79 Å². The minimum Gasteiger partial charge on any atom is -0.461 e. The summed E-state index contributed by atoms with van der Waals surface area (Å²) < 4.78 is 16.1. The van der Waals surface area contributed by atoms with Gasteiger partial charge in [-0.15, -0.1) is 0 Å². The molecule has 4 heteroatoms. The van der Waals surface area contributed by atoms with Crippen LogP contribution in [0.15, 0.2) is 23.8 Å². The smallest absolute Gasteiger partial charge is 0.302 e. The highest BCUT2D eigenvalue weighted by atomic mass is 16.7. The van der Waals surface area contributed by atoms with Gasteiger partial charge < -0.3 is 14.2 Å². The van der Waals surface area contributed by atoms with Crippen LogP contribution in [0.1, 0.15) is 50.7 Å². The Kier molecular flexibility index (Phi) is 5.47. The molecule has 0 aromatic heterocycles. The fourth-order valence-electron chi connectivity index (χ4n) is 2.55. The average Bonchev–Trinajstić information content (AvgIpc) is 2.95. The van der Waals surface area contributed by atoms with Crippen molar-refractivity contribution in [1.29, 1.82) is 0 Å². The summed E-state index contributed by atoms with van der Waals surface area (Å²) in [5.74, 6) is 1.92. The summed E-state index contributed by atoms with van der Waals surface area (Å²) in [4.78, 5) is 10.8. The van der Waals surface area contributed by atoms with Crippen LogP contribution in [-0.2, 0) is 9.53 Å². The van der Waals surface area contributed by atoms with Gasteiger partial charge in [-0.2, -0.15) is 0 Å². The Morgan fingerprint density at radius 3 is 2.77 bits per heavy atom. The lowest BCUT2D eigenvalue weighted by Gasteiger charge is -2.14. The van der Waals surface area contributed by atoms with E-state index in [1.807, 2.05) is 13.8 Å². The Balaban J connectivity index is 1.93. The standard InChI is InChI=1S/C18H24O4/c1-12(10-20-15(4)19)6-5-7-13(2)16-9-8-14(3)17-18(16)22-11-21-17/h6,8-9,13H,5,7,10-11H2,1-4H3/b12-6+/t13-/m0/s1. The second-order valence-corrected chi connectivity index (χ2v) is 5.85. The minimum atomic E-state index is -0.242. The molecular weight excluding hydrogens is 280 g/mol. The van der Waals surface area contributed by atoms with Crippen molar-refractivity contribution in [3.63, 3.8) is 0 Å². The van der Waals surface area contributed by atoms with E-state index in [1.165, 1.54) is 12.5 Å². The van der Waals surface area contributed by atoms with Crippen molar-refractivity contribution < 1.29 is 19.0 Å². The van der Waals surface area contributed by atoms with Gasteiger partial charge in [0, 0.05) is 12.5 Å². The lowest BCUT2D eigenvalue weighted by Crippen LogP contribution is -2.01. The Morgan fingerprint density at radius 1 is 1.32 bits per heavy atom. The zero-order chi connectivity index (χ0) is 16.1. The molecule has 2 rings (SSSR count). The van der Waals surface area contributed by atoms with Gasteiger partial charge in [-0.05, 0) is 43.7 Å². The fraction of sp³-hybridized carbons (Fsp3) is 0.500. The SMILES string of the molecule is CC(=O)OC/C(C)=C/CC[C@H](C)c1ccc(C)c2c1OCO2. The summed E-state index contributed by atoms with van der Waals surface area (Å²) >= 11 is 0. The zero-order valence-corrected chi connectivity index (χ0v) is 13.8. The predicted molar refractivity (Wildman–Crippen MR) is 85.3 cm³/mol. The van der Waals surface area contributed by atoms with Crippen molar-refractivity contribution >= 4 is 5.97 Å². The molecule has 1 atom stereocenters. The molecule has 1 aromatic carbocycles. The normalized spacial score (nSPS) is 14.8. The van der Waals surface area contributed by atoms with Crippen LogP contribution in [0.2, 0.25) is 0 Å². The summed E-state index contributed by atoms with van der Waals surface area (Å²) in [5.41, 5.74) is 3.39. The van der Waals surface area contributed by atoms with Gasteiger partial charge in [-0.25, -0.2) is 0 Å². The lowest BCUT2D eigenvalue weighted by molar-refractivity contribution is -0.139. The number of ether oxygens (including phenoxy) is 3. The molecule has 0 amide bonds. The van der Waals surface area contributed by atoms with E-state index in [2.05, 4.69) is 25.1 Å². The van der Waals surface area contributed by atoms with E-state index in [-0.39, 0.29) is 5.97 Å². The molecule has 1 heterocycles. The molecule has 1 aliphatic heterocycles. The maximum Gasteiger partial charge on any atom is 0.302 e. The number of hydrogen-bond donors (Lipinski definition) is 0. The molecule has 0 spiro atoms. The zero-order valence-electron chi connectivity index (χ0n) is 13.8. The van der Waals surface area contributed by atoms with Gasteiger partial charge in [0.25, 0.3) is 0 Å². The molecular formula is C18H24O4. The second kappa shape index (κ2) is 7.34. The fourth-order valence-corrected chi connectivity index (χ4v) is 2.55. The number of hydrogen-bond acceptors (Lipinski definition) is 4. The van der Waals surface area contributed by atoms with E-state index in [1.54, 1.807) is 0 Å². The molecule has 0 saturated carbocycles. The van der Waals surface area contributed by atoms with Crippen molar-refractivity contribution in [2.75, 3.05) is 13.4 Å². The Bertz CT molecular complexity index is 575. The second-order valence-electron chi connectivity index (χ2n) is 5.85. The van der Waals surface area contributed by atoms with Crippen molar-refractivity contribution in [1.82, 2.24) is 0 Å². The third-order valence-electron chi connectivity index (χ3n) is 3.87. The first kappa shape index (κ1) is 16.4. The highest BCUT2D eigenvalue weighted by Crippen LogP contribution is 2.42. The first-order valence-corrected chi connectivity index (χ1v) is 7.67. The quantitative estimate of drug-likeness (QED) is 0.586. The van der Waals surface area contributed by atoms with Gasteiger partial charge in [0.2, 0.25) is 6.79 Å². The van der Waals surface area contributed by atoms with Gasteiger partial charge in [-0.3, -0.25) is 4.79 Å². The number of aryl methyl sites for hydroxylation is 1. The predicted octanol–water partition coefficient (Wildman–Crippen LogP) is 4.12. The van der Waals surface area contributed by atoms with Crippen molar-refractivity contribution in [2.24, 2.45) is 0 Å². The third-order valence-corrected chi connectivity index (χ3v) is 3.87. The largest absolute Gasteiger partial charge is 0.461 e. The van der Waals surface area contributed by atoms with Crippen molar-refractivity contribution in [3.8, 4) is 11.5 Å². The van der Waals surface area contributed by atoms with Gasteiger partial charge in [0.15, 0.2) is 11.5 Å². The number of esters is 1. The Morgan fingerprint density at radius 2 is 2.05 bits per heavy atom. The van der Waals surface area contributed by atoms with E-state index in [0.29, 0.717) is 19.3 Å². The first-order chi connectivity index (χ1) is 10.5. The minimum absolute atomic E-state index is 0.242. The molecule has 0 saturated heterocycles. The molecule has 0 radical (unpaired) electrons. The lowest BCUT2D eigenvalue weighted by atomic mass is 9.93. The van der Waals surface area contributed by atoms with Crippen LogP contribution in [0.3, 0.4) is 0 Å². The molecule has 0 unspecified atom stereocenters. The van der Waals surface area contributed by atoms with Crippen LogP contribution in [-0.4, -0.2) is 19.4 Å². The number of benzene rings is 1. The third kappa shape index (κ3) is 4.03. The van der Waals surface area contributed by atoms with Crippen LogP contribution in [0.25, 0.3) is 0 Å². The van der Waals surface area contributed by atoms with Gasteiger partial charge in [0.05, 0.1) is 0 Å². The summed E-state index contributed by atoms with van der Waals surface area (Å²) in [6, 6.07) is 4.21. The van der Waals surface area contributed by atoms with Crippen LogP contribution in [0.5, 0.6) is 11.5 Å². The maximum atomic E-state index is 10.8. The van der Waals surface area contributed by atoms with E-state index in [0.717, 1.165) is 35.5 Å². The maximum absolute atomic E-state index is 10.8. The summed E-state index contributed by atoms with van der Waals surface area (Å²) in [5, 5.41) is 0. The van der Waals surface area contributed by atoms with Gasteiger partial charge in [-0.1, -0.05) is 25.1 Å². The molecule has 1 aromatic rings. The van der Waals surface area contributed by atoms with Crippen LogP contribution in [0.4, 0.5) is 0 Å². The molecule has 0 bridgehead atoms. The first-order valence-electron chi connectivity index (χ1n) is 7.67. The highest BCUT2D eigenvalue weighted by molar-refractivity contribution is 5.66. The number of carbonyl (C=O) groups is 1. The van der Waals surface area contributed by atoms with Crippen LogP contribution < -0.4 is 9.47 Å². The Hall–Kier alpha value is -1.97. The molecule has 120 valence electrons. The van der Waals surface area contributed by atoms with Crippen LogP contribution in [0, 0.1) is 6.92 Å². The summed E-state index contributed by atoms with van der Waals surface area (Å²) in [7, 11) is 0. The van der Waals surface area contributed by atoms with Crippen molar-refractivity contribution in [3.05, 3.63) is 34.9 Å². The van der Waals surface area contributed by atoms with E-state index >= 15 is 0 Å². The number of carbonyl (C=O) groups excluding carboxylic acids is 1. The highest BCUT2D eigenvalue weighted by Gasteiger charge is 2.22. The number of fused-ring (bicyclic) bond motifs is 1. The molecule has 0 aliphatic carbocycles. The molecule has 1 aliphatic rings.